The van der Waals surface area contributed by atoms with Gasteiger partial charge in [-0.2, -0.15) is 0 Å². The molecule has 1 fully saturated rings. The molecular weight excluding hydrogens is 460 g/mol. The minimum atomic E-state index is -1.09. The van der Waals surface area contributed by atoms with E-state index in [1.807, 2.05) is 78.5 Å². The monoisotopic (exact) mass is 484 g/mol. The van der Waals surface area contributed by atoms with E-state index in [1.165, 1.54) is 24.3 Å². The molecule has 0 aliphatic carbocycles. The van der Waals surface area contributed by atoms with Gasteiger partial charge in [0.25, 0.3) is 5.69 Å². The van der Waals surface area contributed by atoms with Gasteiger partial charge in [0.15, 0.2) is 5.78 Å². The molecule has 182 valence electrons. The van der Waals surface area contributed by atoms with Crippen molar-refractivity contribution in [3.63, 3.8) is 0 Å². The number of ketones is 1. The van der Waals surface area contributed by atoms with Crippen molar-refractivity contribution in [3.8, 4) is 0 Å². The quantitative estimate of drug-likeness (QED) is 0.287. The van der Waals surface area contributed by atoms with Gasteiger partial charge in [-0.05, 0) is 29.3 Å². The molecule has 1 saturated heterocycles. The van der Waals surface area contributed by atoms with E-state index in [2.05, 4.69) is 0 Å². The first kappa shape index (κ1) is 23.2. The summed E-state index contributed by atoms with van der Waals surface area (Å²) in [4.78, 5) is 40.9. The molecule has 2 aliphatic rings. The van der Waals surface area contributed by atoms with Crippen LogP contribution in [0.25, 0.3) is 6.08 Å². The van der Waals surface area contributed by atoms with Gasteiger partial charge in [-0.15, -0.1) is 0 Å². The molecule has 0 amide bonds. The number of hydrogen-bond donors (Lipinski definition) is 0. The number of fused-ring (bicyclic) bond motifs is 3. The Morgan fingerprint density at radius 1 is 0.944 bits per heavy atom. The highest BCUT2D eigenvalue weighted by Gasteiger charge is 2.59. The summed E-state index contributed by atoms with van der Waals surface area (Å²) < 4.78 is 0. The van der Waals surface area contributed by atoms with Gasteiger partial charge in [0.05, 0.1) is 10.8 Å². The molecule has 4 atom stereocenters. The summed E-state index contributed by atoms with van der Waals surface area (Å²) >= 11 is 0. The molecule has 0 aromatic heterocycles. The Morgan fingerprint density at radius 2 is 1.67 bits per heavy atom. The number of benzene rings is 3. The maximum absolute atomic E-state index is 14.1. The van der Waals surface area contributed by atoms with Crippen LogP contribution < -0.4 is 9.80 Å². The summed E-state index contributed by atoms with van der Waals surface area (Å²) in [6.07, 6.45) is 3.65. The SMILES string of the molecule is CN(C)c1ccc([C@H]2[C@@H]([N+](=O)[O-])[C@@H]3C=Cc4ccccc4N3[C@H]2C(=O)c2cccc([N+](=O)[O-])c2)cc1. The van der Waals surface area contributed by atoms with Crippen LogP contribution in [0, 0.1) is 20.2 Å². The van der Waals surface area contributed by atoms with Crippen LogP contribution in [-0.4, -0.2) is 47.9 Å². The average Bonchev–Trinajstić information content (AvgIpc) is 3.24. The van der Waals surface area contributed by atoms with E-state index >= 15 is 0 Å². The first-order chi connectivity index (χ1) is 17.3. The van der Waals surface area contributed by atoms with Gasteiger partial charge in [-0.3, -0.25) is 25.0 Å². The maximum atomic E-state index is 14.1. The fourth-order valence-corrected chi connectivity index (χ4v) is 5.37. The number of para-hydroxylation sites is 1. The van der Waals surface area contributed by atoms with Crippen molar-refractivity contribution in [2.45, 2.75) is 24.0 Å². The van der Waals surface area contributed by atoms with E-state index in [-0.39, 0.29) is 22.0 Å². The molecule has 0 unspecified atom stereocenters. The fourth-order valence-electron chi connectivity index (χ4n) is 5.37. The van der Waals surface area contributed by atoms with Gasteiger partial charge in [-0.1, -0.05) is 54.6 Å². The molecular formula is C27H24N4O5. The Balaban J connectivity index is 1.70. The van der Waals surface area contributed by atoms with E-state index in [1.54, 1.807) is 6.08 Å². The number of Topliss-reactive ketones (excluding diaryl/α,β-unsaturated/α-hetero) is 1. The number of rotatable bonds is 6. The highest BCUT2D eigenvalue weighted by Crippen LogP contribution is 2.47. The molecule has 9 nitrogen and oxygen atoms in total. The normalized spacial score (nSPS) is 22.0. The van der Waals surface area contributed by atoms with Crippen molar-refractivity contribution in [2.75, 3.05) is 23.9 Å². The molecule has 9 heteroatoms. The van der Waals surface area contributed by atoms with Crippen LogP contribution in [0.1, 0.15) is 27.4 Å². The second-order valence-corrected chi connectivity index (χ2v) is 9.22. The van der Waals surface area contributed by atoms with Crippen LogP contribution in [0.3, 0.4) is 0 Å². The van der Waals surface area contributed by atoms with E-state index in [0.717, 1.165) is 16.9 Å². The van der Waals surface area contributed by atoms with Crippen LogP contribution in [0.5, 0.6) is 0 Å². The predicted octanol–water partition coefficient (Wildman–Crippen LogP) is 4.56. The van der Waals surface area contributed by atoms with Crippen molar-refractivity contribution in [3.05, 3.63) is 116 Å². The molecule has 0 saturated carbocycles. The van der Waals surface area contributed by atoms with Crippen LogP contribution in [0.15, 0.2) is 78.9 Å². The van der Waals surface area contributed by atoms with Crippen molar-refractivity contribution in [1.29, 1.82) is 0 Å². The third kappa shape index (κ3) is 3.78. The minimum absolute atomic E-state index is 0.152. The Hall–Kier alpha value is -4.53. The topological polar surface area (TPSA) is 110 Å². The molecule has 0 N–H and O–H groups in total. The molecule has 5 rings (SSSR count). The van der Waals surface area contributed by atoms with E-state index < -0.39 is 29.0 Å². The first-order valence-electron chi connectivity index (χ1n) is 11.5. The van der Waals surface area contributed by atoms with E-state index in [9.17, 15) is 25.0 Å². The van der Waals surface area contributed by atoms with Gasteiger partial charge in [0.2, 0.25) is 6.04 Å². The third-order valence-electron chi connectivity index (χ3n) is 7.01. The standard InChI is InChI=1S/C27H24N4O5/c1-28(2)20-13-10-18(11-14-20)24-25(31(35)36)23-15-12-17-6-3-4-9-22(17)29(23)26(24)27(32)19-7-5-8-21(16-19)30(33)34/h3-16,23-26H,1-2H3/t23-,24-,25-,26+/m0/s1. The van der Waals surface area contributed by atoms with E-state index in [4.69, 9.17) is 0 Å². The molecule has 36 heavy (non-hydrogen) atoms. The highest BCUT2D eigenvalue weighted by atomic mass is 16.6. The number of hydrogen-bond acceptors (Lipinski definition) is 7. The second kappa shape index (κ2) is 8.92. The third-order valence-corrected chi connectivity index (χ3v) is 7.01. The zero-order valence-corrected chi connectivity index (χ0v) is 19.7. The second-order valence-electron chi connectivity index (χ2n) is 9.22. The van der Waals surface area contributed by atoms with Crippen molar-refractivity contribution in [2.24, 2.45) is 0 Å². The number of nitro groups is 2. The zero-order valence-electron chi connectivity index (χ0n) is 19.7. The summed E-state index contributed by atoms with van der Waals surface area (Å²) in [7, 11) is 3.81. The van der Waals surface area contributed by atoms with Crippen molar-refractivity contribution in [1.82, 2.24) is 0 Å². The Bertz CT molecular complexity index is 1380. The fraction of sp³-hybridized carbons (Fsp3) is 0.222. The smallest absolute Gasteiger partial charge is 0.270 e. The molecule has 0 bridgehead atoms. The van der Waals surface area contributed by atoms with Crippen LogP contribution >= 0.6 is 0 Å². The van der Waals surface area contributed by atoms with Gasteiger partial charge >= 0.3 is 0 Å². The van der Waals surface area contributed by atoms with E-state index in [0.29, 0.717) is 5.56 Å². The van der Waals surface area contributed by atoms with Crippen LogP contribution in [-0.2, 0) is 0 Å². The van der Waals surface area contributed by atoms with Crippen LogP contribution in [0.2, 0.25) is 0 Å². The van der Waals surface area contributed by atoms with Crippen molar-refractivity contribution < 1.29 is 14.6 Å². The summed E-state index contributed by atoms with van der Waals surface area (Å²) in [5.74, 6) is -1.16. The van der Waals surface area contributed by atoms with Crippen molar-refractivity contribution >= 4 is 28.9 Å². The molecule has 2 heterocycles. The highest BCUT2D eigenvalue weighted by molar-refractivity contribution is 6.04. The number of carbonyl (C=O) groups is 1. The average molecular weight is 485 g/mol. The number of anilines is 2. The van der Waals surface area contributed by atoms with Gasteiger partial charge in [0, 0.05) is 48.1 Å². The van der Waals surface area contributed by atoms with Crippen LogP contribution in [0.4, 0.5) is 17.1 Å². The van der Waals surface area contributed by atoms with Gasteiger partial charge < -0.3 is 9.80 Å². The summed E-state index contributed by atoms with van der Waals surface area (Å²) in [5.41, 5.74) is 3.14. The minimum Gasteiger partial charge on any atom is -0.378 e. The number of nitro benzene ring substituents is 1. The number of carbonyl (C=O) groups excluding carboxylic acids is 1. The summed E-state index contributed by atoms with van der Waals surface area (Å²) in [6, 6.07) is 17.8. The number of non-ortho nitro benzene ring substituents is 1. The summed E-state index contributed by atoms with van der Waals surface area (Å²) in [6.45, 7) is 0. The lowest BCUT2D eigenvalue weighted by Gasteiger charge is -2.34. The van der Waals surface area contributed by atoms with Gasteiger partial charge in [-0.25, -0.2) is 0 Å². The molecule has 3 aromatic rings. The largest absolute Gasteiger partial charge is 0.378 e. The molecule has 0 radical (unpaired) electrons. The molecule has 3 aromatic carbocycles. The Labute approximate surface area is 207 Å². The lowest BCUT2D eigenvalue weighted by atomic mass is 9.83. The number of nitrogens with zero attached hydrogens (tertiary/aromatic N) is 4. The maximum Gasteiger partial charge on any atom is 0.270 e. The zero-order chi connectivity index (χ0) is 25.6. The molecule has 2 aliphatic heterocycles. The first-order valence-corrected chi connectivity index (χ1v) is 11.5. The Kier molecular flexibility index (Phi) is 5.75. The lowest BCUT2D eigenvalue weighted by Crippen LogP contribution is -2.44. The Morgan fingerprint density at radius 3 is 2.33 bits per heavy atom. The summed E-state index contributed by atoms with van der Waals surface area (Å²) in [5, 5.41) is 23.9. The lowest BCUT2D eigenvalue weighted by molar-refractivity contribution is -0.524. The molecule has 0 spiro atoms. The predicted molar refractivity (Wildman–Crippen MR) is 137 cm³/mol. The van der Waals surface area contributed by atoms with Gasteiger partial charge in [0.1, 0.15) is 12.1 Å².